The van der Waals surface area contributed by atoms with E-state index in [0.717, 1.165) is 4.90 Å². The van der Waals surface area contributed by atoms with Crippen LogP contribution >= 0.6 is 23.2 Å². The summed E-state index contributed by atoms with van der Waals surface area (Å²) in [6.07, 6.45) is 2.81. The molecule has 9 nitrogen and oxygen atoms in total. The minimum absolute atomic E-state index is 0.0504. The van der Waals surface area contributed by atoms with Gasteiger partial charge < -0.3 is 5.32 Å². The van der Waals surface area contributed by atoms with Gasteiger partial charge in [-0.15, -0.1) is 0 Å². The molecule has 2 heterocycles. The van der Waals surface area contributed by atoms with E-state index in [9.17, 15) is 18.0 Å². The third-order valence-corrected chi connectivity index (χ3v) is 6.59. The van der Waals surface area contributed by atoms with Crippen molar-refractivity contribution in [3.63, 3.8) is 0 Å². The summed E-state index contributed by atoms with van der Waals surface area (Å²) < 4.78 is 27.3. The number of halogens is 2. The lowest BCUT2D eigenvalue weighted by molar-refractivity contribution is -0.120. The largest absolute Gasteiger partial charge is 0.350 e. The zero-order valence-electron chi connectivity index (χ0n) is 16.9. The first-order valence-corrected chi connectivity index (χ1v) is 11.6. The van der Waals surface area contributed by atoms with E-state index in [1.807, 2.05) is 0 Å². The van der Waals surface area contributed by atoms with Crippen molar-refractivity contribution < 1.29 is 18.0 Å². The Morgan fingerprint density at radius 2 is 1.61 bits per heavy atom. The van der Waals surface area contributed by atoms with Crippen LogP contribution < -0.4 is 14.9 Å². The highest BCUT2D eigenvalue weighted by molar-refractivity contribution is 7.92. The van der Waals surface area contributed by atoms with E-state index in [2.05, 4.69) is 20.0 Å². The molecular weight excluding hydrogens is 489 g/mol. The molecule has 4 rings (SSSR count). The number of aromatic nitrogens is 2. The third kappa shape index (κ3) is 4.54. The molecule has 0 saturated heterocycles. The first-order valence-electron chi connectivity index (χ1n) is 9.39. The number of carbonyl (C=O) groups excluding carboxylic acids is 2. The van der Waals surface area contributed by atoms with E-state index in [0.29, 0.717) is 22.0 Å². The van der Waals surface area contributed by atoms with E-state index >= 15 is 0 Å². The number of amides is 2. The molecule has 0 unspecified atom stereocenters. The van der Waals surface area contributed by atoms with E-state index in [-0.39, 0.29) is 21.6 Å². The molecule has 3 aromatic rings. The van der Waals surface area contributed by atoms with E-state index < -0.39 is 21.8 Å². The van der Waals surface area contributed by atoms with Crippen LogP contribution in [0.5, 0.6) is 0 Å². The van der Waals surface area contributed by atoms with Crippen LogP contribution in [0.3, 0.4) is 0 Å². The molecule has 168 valence electrons. The first-order chi connectivity index (χ1) is 15.7. The Balaban J connectivity index is 1.55. The summed E-state index contributed by atoms with van der Waals surface area (Å²) in [6.45, 7) is 1.74. The minimum atomic E-state index is -3.92. The smallest absolute Gasteiger partial charge is 0.283 e. The van der Waals surface area contributed by atoms with Crippen molar-refractivity contribution in [3.05, 3.63) is 82.2 Å². The second-order valence-corrected chi connectivity index (χ2v) is 9.39. The zero-order chi connectivity index (χ0) is 23.8. The molecule has 0 spiro atoms. The van der Waals surface area contributed by atoms with Gasteiger partial charge in [0.05, 0.1) is 10.6 Å². The molecule has 0 bridgehead atoms. The van der Waals surface area contributed by atoms with Crippen molar-refractivity contribution in [1.82, 2.24) is 9.97 Å². The topological polar surface area (TPSA) is 121 Å². The molecule has 1 aliphatic heterocycles. The number of rotatable bonds is 6. The predicted molar refractivity (Wildman–Crippen MR) is 124 cm³/mol. The van der Waals surface area contributed by atoms with Gasteiger partial charge in [0, 0.05) is 23.1 Å². The van der Waals surface area contributed by atoms with Gasteiger partial charge in [-0.3, -0.25) is 9.59 Å². The summed E-state index contributed by atoms with van der Waals surface area (Å²) in [5, 5.41) is 2.86. The molecule has 0 atom stereocenters. The fourth-order valence-electron chi connectivity index (χ4n) is 3.05. The highest BCUT2D eigenvalue weighted by atomic mass is 35.5. The number of nitrogens with zero attached hydrogens (tertiary/aromatic N) is 3. The third-order valence-electron chi connectivity index (χ3n) is 4.66. The fraction of sp³-hybridized carbons (Fsp3) is 0.0476. The van der Waals surface area contributed by atoms with Crippen LogP contribution in [-0.4, -0.2) is 30.2 Å². The maximum Gasteiger partial charge on any atom is 0.283 e. The summed E-state index contributed by atoms with van der Waals surface area (Å²) in [4.78, 5) is 34.2. The highest BCUT2D eigenvalue weighted by Crippen LogP contribution is 2.33. The molecule has 2 N–H and O–H groups in total. The van der Waals surface area contributed by atoms with Crippen LogP contribution in [0.2, 0.25) is 5.02 Å². The predicted octanol–water partition coefficient (Wildman–Crippen LogP) is 3.67. The van der Waals surface area contributed by atoms with Crippen LogP contribution in [0.25, 0.3) is 0 Å². The van der Waals surface area contributed by atoms with Gasteiger partial charge >= 0.3 is 0 Å². The molecule has 2 aromatic carbocycles. The van der Waals surface area contributed by atoms with Crippen molar-refractivity contribution >= 4 is 62.4 Å². The van der Waals surface area contributed by atoms with E-state index in [4.69, 9.17) is 23.2 Å². The molecule has 33 heavy (non-hydrogen) atoms. The second-order valence-electron chi connectivity index (χ2n) is 6.89. The van der Waals surface area contributed by atoms with Crippen LogP contribution in [0.15, 0.2) is 76.5 Å². The Bertz CT molecular complexity index is 1390. The van der Waals surface area contributed by atoms with Crippen LogP contribution in [0, 0.1) is 6.92 Å². The number of aryl methyl sites for hydroxylation is 1. The van der Waals surface area contributed by atoms with Crippen LogP contribution in [0.1, 0.15) is 5.56 Å². The van der Waals surface area contributed by atoms with Crippen molar-refractivity contribution in [2.24, 2.45) is 0 Å². The number of nitrogens with one attached hydrogen (secondary N) is 2. The van der Waals surface area contributed by atoms with Gasteiger partial charge in [-0.05, 0) is 55.0 Å². The Labute approximate surface area is 199 Å². The number of imide groups is 1. The maximum atomic E-state index is 13.0. The van der Waals surface area contributed by atoms with Crippen molar-refractivity contribution in [3.8, 4) is 0 Å². The number of hydrogen-bond acceptors (Lipinski definition) is 7. The Kier molecular flexibility index (Phi) is 6.07. The van der Waals surface area contributed by atoms with Gasteiger partial charge in [0.2, 0.25) is 5.95 Å². The zero-order valence-corrected chi connectivity index (χ0v) is 19.2. The quantitative estimate of drug-likeness (QED) is 0.492. The Morgan fingerprint density at radius 3 is 2.27 bits per heavy atom. The molecular formula is C21H15Cl2N5O4S. The number of anilines is 3. The van der Waals surface area contributed by atoms with Gasteiger partial charge in [-0.25, -0.2) is 28.0 Å². The summed E-state index contributed by atoms with van der Waals surface area (Å²) in [5.74, 6) is -1.42. The van der Waals surface area contributed by atoms with Gasteiger partial charge in [0.15, 0.2) is 0 Å². The molecule has 12 heteroatoms. The number of sulfonamides is 1. The Morgan fingerprint density at radius 1 is 0.939 bits per heavy atom. The molecule has 1 aromatic heterocycles. The van der Waals surface area contributed by atoms with Crippen molar-refractivity contribution in [2.45, 2.75) is 11.8 Å². The number of carbonyl (C=O) groups is 2. The first kappa shape index (κ1) is 22.7. The lowest BCUT2D eigenvalue weighted by atomic mass is 10.2. The summed E-state index contributed by atoms with van der Waals surface area (Å²) in [6, 6.07) is 11.9. The van der Waals surface area contributed by atoms with Gasteiger partial charge in [-0.2, -0.15) is 0 Å². The molecule has 0 aliphatic carbocycles. The average molecular weight is 504 g/mol. The average Bonchev–Trinajstić information content (AvgIpc) is 2.99. The lowest BCUT2D eigenvalue weighted by Crippen LogP contribution is -2.32. The van der Waals surface area contributed by atoms with E-state index in [1.165, 1.54) is 42.7 Å². The summed E-state index contributed by atoms with van der Waals surface area (Å²) >= 11 is 12.2. The monoisotopic (exact) mass is 503 g/mol. The van der Waals surface area contributed by atoms with Crippen LogP contribution in [0.4, 0.5) is 17.3 Å². The number of hydrogen-bond donors (Lipinski definition) is 2. The van der Waals surface area contributed by atoms with Gasteiger partial charge in [-0.1, -0.05) is 29.3 Å². The van der Waals surface area contributed by atoms with Crippen molar-refractivity contribution in [1.29, 1.82) is 0 Å². The van der Waals surface area contributed by atoms with Gasteiger partial charge in [0.1, 0.15) is 10.7 Å². The van der Waals surface area contributed by atoms with E-state index in [1.54, 1.807) is 25.1 Å². The summed E-state index contributed by atoms with van der Waals surface area (Å²) in [5.41, 5.74) is 1.20. The Hall–Kier alpha value is -3.47. The number of benzene rings is 2. The maximum absolute atomic E-state index is 13.0. The molecule has 0 fully saturated rings. The second kappa shape index (κ2) is 8.81. The fourth-order valence-corrected chi connectivity index (χ4v) is 4.38. The molecule has 1 aliphatic rings. The lowest BCUT2D eigenvalue weighted by Gasteiger charge is -2.17. The standard InChI is InChI=1S/C21H15Cl2N5O4S/c1-12-3-4-13(22)11-16(12)28-19(29)17(23)18(20(28)30)26-14-5-7-15(8-6-14)33(31,32)27-21-24-9-2-10-25-21/h2-11,26H,1H3,(H,24,25,27). The highest BCUT2D eigenvalue weighted by Gasteiger charge is 2.39. The van der Waals surface area contributed by atoms with Crippen molar-refractivity contribution in [2.75, 3.05) is 14.9 Å². The molecule has 0 saturated carbocycles. The summed E-state index contributed by atoms with van der Waals surface area (Å²) in [7, 11) is -3.92. The minimum Gasteiger partial charge on any atom is -0.350 e. The molecule has 0 radical (unpaired) electrons. The van der Waals surface area contributed by atoms with Crippen LogP contribution in [-0.2, 0) is 19.6 Å². The SMILES string of the molecule is Cc1ccc(Cl)cc1N1C(=O)C(Cl)=C(Nc2ccc(S(=O)(=O)Nc3ncccn3)cc2)C1=O. The molecule has 2 amide bonds. The van der Waals surface area contributed by atoms with Gasteiger partial charge in [0.25, 0.3) is 21.8 Å². The normalized spacial score (nSPS) is 14.1.